The third-order valence-corrected chi connectivity index (χ3v) is 6.68. The smallest absolute Gasteiger partial charge is 0.416 e. The van der Waals surface area contributed by atoms with Crippen molar-refractivity contribution in [2.24, 2.45) is 0 Å². The summed E-state index contributed by atoms with van der Waals surface area (Å²) in [6, 6.07) is 13.3. The molecule has 0 saturated carbocycles. The topological polar surface area (TPSA) is 69.6 Å². The molecule has 5 aromatic rings. The standard InChI is InChI=1S/C23H12BrClF3N3O3S/c24-13-2-4-14(5-3-13)33-11-20-29-22-31(30-20)21(32)19(35-22)10-15-6-8-18(34-15)16-9-12(23(26,27)28)1-7-17(16)25/h1-10H,11H2. The van der Waals surface area contributed by atoms with E-state index in [1.807, 2.05) is 12.1 Å². The summed E-state index contributed by atoms with van der Waals surface area (Å²) >= 11 is 10.5. The molecule has 0 spiro atoms. The van der Waals surface area contributed by atoms with Crippen molar-refractivity contribution in [2.45, 2.75) is 12.8 Å². The highest BCUT2D eigenvalue weighted by atomic mass is 79.9. The van der Waals surface area contributed by atoms with Gasteiger partial charge in [-0.15, -0.1) is 5.10 Å². The second kappa shape index (κ2) is 9.14. The summed E-state index contributed by atoms with van der Waals surface area (Å²) in [5.74, 6) is 1.40. The normalized spacial score (nSPS) is 12.5. The van der Waals surface area contributed by atoms with Crippen molar-refractivity contribution >= 4 is 49.9 Å². The molecule has 0 aliphatic rings. The highest BCUT2D eigenvalue weighted by molar-refractivity contribution is 9.10. The van der Waals surface area contributed by atoms with Crippen LogP contribution in [0.2, 0.25) is 5.02 Å². The Bertz CT molecular complexity index is 1640. The van der Waals surface area contributed by atoms with Gasteiger partial charge in [0, 0.05) is 16.1 Å². The van der Waals surface area contributed by atoms with E-state index in [9.17, 15) is 18.0 Å². The quantitative estimate of drug-likeness (QED) is 0.255. The van der Waals surface area contributed by atoms with Crippen molar-refractivity contribution in [3.63, 3.8) is 0 Å². The maximum absolute atomic E-state index is 13.1. The van der Waals surface area contributed by atoms with E-state index < -0.39 is 17.3 Å². The van der Waals surface area contributed by atoms with Gasteiger partial charge >= 0.3 is 6.18 Å². The number of hydrogen-bond acceptors (Lipinski definition) is 6. The van der Waals surface area contributed by atoms with Crippen LogP contribution in [-0.4, -0.2) is 14.6 Å². The van der Waals surface area contributed by atoms with Gasteiger partial charge in [0.15, 0.2) is 5.82 Å². The number of fused-ring (bicyclic) bond motifs is 1. The molecule has 0 radical (unpaired) electrons. The second-order valence-electron chi connectivity index (χ2n) is 7.28. The van der Waals surface area contributed by atoms with E-state index in [0.717, 1.165) is 27.9 Å². The van der Waals surface area contributed by atoms with Crippen LogP contribution in [0.3, 0.4) is 0 Å². The first-order valence-corrected chi connectivity index (χ1v) is 11.9. The monoisotopic (exact) mass is 581 g/mol. The van der Waals surface area contributed by atoms with Gasteiger partial charge in [0.25, 0.3) is 5.56 Å². The van der Waals surface area contributed by atoms with E-state index in [-0.39, 0.29) is 28.7 Å². The number of aromatic nitrogens is 3. The number of ether oxygens (including phenoxy) is 1. The van der Waals surface area contributed by atoms with Crippen molar-refractivity contribution in [3.8, 4) is 17.1 Å². The lowest BCUT2D eigenvalue weighted by atomic mass is 10.1. The zero-order valence-electron chi connectivity index (χ0n) is 17.3. The molecule has 0 atom stereocenters. The summed E-state index contributed by atoms with van der Waals surface area (Å²) in [6.45, 7) is 0.0911. The molecule has 3 aromatic heterocycles. The average Bonchev–Trinajstić information content (AvgIpc) is 3.50. The molecule has 0 N–H and O–H groups in total. The molecular weight excluding hydrogens is 571 g/mol. The lowest BCUT2D eigenvalue weighted by molar-refractivity contribution is -0.137. The SMILES string of the molecule is O=c1c(=Cc2ccc(-c3cc(C(F)(F)F)ccc3Cl)o2)sc2nc(COc3ccc(Br)cc3)nn12. The fraction of sp³-hybridized carbons (Fsp3) is 0.0870. The van der Waals surface area contributed by atoms with E-state index in [0.29, 0.717) is 21.1 Å². The molecule has 5 rings (SSSR count). The van der Waals surface area contributed by atoms with Crippen molar-refractivity contribution < 1.29 is 22.3 Å². The molecule has 0 fully saturated rings. The highest BCUT2D eigenvalue weighted by Crippen LogP contribution is 2.36. The second-order valence-corrected chi connectivity index (χ2v) is 9.61. The van der Waals surface area contributed by atoms with Crippen molar-refractivity contribution in [1.82, 2.24) is 14.6 Å². The Morgan fingerprint density at radius 3 is 2.63 bits per heavy atom. The van der Waals surface area contributed by atoms with Crippen molar-refractivity contribution in [2.75, 3.05) is 0 Å². The molecule has 0 aliphatic heterocycles. The minimum Gasteiger partial charge on any atom is -0.486 e. The van der Waals surface area contributed by atoms with Gasteiger partial charge in [0.05, 0.1) is 10.6 Å². The Balaban J connectivity index is 1.39. The van der Waals surface area contributed by atoms with Gasteiger partial charge < -0.3 is 9.15 Å². The Hall–Kier alpha value is -3.15. The number of nitrogens with zero attached hydrogens (tertiary/aromatic N) is 3. The summed E-state index contributed by atoms with van der Waals surface area (Å²) in [5.41, 5.74) is -1.14. The minimum absolute atomic E-state index is 0.0911. The van der Waals surface area contributed by atoms with Crippen LogP contribution in [0, 0.1) is 0 Å². The van der Waals surface area contributed by atoms with E-state index in [4.69, 9.17) is 20.8 Å². The number of rotatable bonds is 5. The fourth-order valence-electron chi connectivity index (χ4n) is 3.21. The summed E-state index contributed by atoms with van der Waals surface area (Å²) in [4.78, 5) is 17.5. The predicted octanol–water partition coefficient (Wildman–Crippen LogP) is 5.97. The number of thiazole rings is 1. The highest BCUT2D eigenvalue weighted by Gasteiger charge is 2.31. The van der Waals surface area contributed by atoms with E-state index in [1.54, 1.807) is 18.2 Å². The zero-order chi connectivity index (χ0) is 24.7. The van der Waals surface area contributed by atoms with Gasteiger partial charge in [0.2, 0.25) is 4.96 Å². The maximum atomic E-state index is 13.1. The van der Waals surface area contributed by atoms with Crippen LogP contribution in [0.5, 0.6) is 5.75 Å². The summed E-state index contributed by atoms with van der Waals surface area (Å²) in [6.07, 6.45) is -3.04. The Labute approximate surface area is 212 Å². The molecule has 12 heteroatoms. The number of alkyl halides is 3. The van der Waals surface area contributed by atoms with Crippen LogP contribution in [0.25, 0.3) is 22.4 Å². The van der Waals surface area contributed by atoms with Crippen molar-refractivity contribution in [1.29, 1.82) is 0 Å². The Morgan fingerprint density at radius 1 is 1.14 bits per heavy atom. The summed E-state index contributed by atoms with van der Waals surface area (Å²) in [7, 11) is 0. The number of hydrogen-bond donors (Lipinski definition) is 0. The van der Waals surface area contributed by atoms with E-state index in [2.05, 4.69) is 26.0 Å². The van der Waals surface area contributed by atoms with Crippen LogP contribution in [-0.2, 0) is 12.8 Å². The van der Waals surface area contributed by atoms with Crippen LogP contribution in [0.15, 0.2) is 68.3 Å². The third-order valence-electron chi connectivity index (χ3n) is 4.87. The maximum Gasteiger partial charge on any atom is 0.416 e. The molecule has 2 aromatic carbocycles. The molecule has 35 heavy (non-hydrogen) atoms. The van der Waals surface area contributed by atoms with Crippen LogP contribution < -0.4 is 14.8 Å². The third kappa shape index (κ3) is 4.97. The first-order chi connectivity index (χ1) is 16.7. The molecule has 6 nitrogen and oxygen atoms in total. The number of halogens is 5. The van der Waals surface area contributed by atoms with Crippen LogP contribution >= 0.6 is 38.9 Å². The Morgan fingerprint density at radius 2 is 1.91 bits per heavy atom. The lowest BCUT2D eigenvalue weighted by Gasteiger charge is -2.09. The molecule has 178 valence electrons. The van der Waals surface area contributed by atoms with Gasteiger partial charge in [-0.25, -0.2) is 0 Å². The van der Waals surface area contributed by atoms with Gasteiger partial charge in [-0.3, -0.25) is 4.79 Å². The first-order valence-electron chi connectivity index (χ1n) is 9.93. The molecule has 0 amide bonds. The molecule has 0 bridgehead atoms. The minimum atomic E-state index is -4.51. The number of benzene rings is 2. The Kier molecular flexibility index (Phi) is 6.16. The molecular formula is C23H12BrClF3N3O3S. The van der Waals surface area contributed by atoms with Gasteiger partial charge in [-0.2, -0.15) is 22.7 Å². The number of furan rings is 1. The molecule has 0 aliphatic carbocycles. The van der Waals surface area contributed by atoms with E-state index in [1.165, 1.54) is 22.7 Å². The van der Waals surface area contributed by atoms with Gasteiger partial charge in [-0.1, -0.05) is 38.9 Å². The fourth-order valence-corrected chi connectivity index (χ4v) is 4.59. The summed E-state index contributed by atoms with van der Waals surface area (Å²) < 4.78 is 52.9. The predicted molar refractivity (Wildman–Crippen MR) is 129 cm³/mol. The van der Waals surface area contributed by atoms with Gasteiger partial charge in [0.1, 0.15) is 28.4 Å². The molecule has 0 saturated heterocycles. The van der Waals surface area contributed by atoms with Crippen LogP contribution in [0.1, 0.15) is 17.1 Å². The van der Waals surface area contributed by atoms with E-state index >= 15 is 0 Å². The average molecular weight is 583 g/mol. The van der Waals surface area contributed by atoms with Crippen molar-refractivity contribution in [3.05, 3.63) is 96.1 Å². The van der Waals surface area contributed by atoms with Crippen LogP contribution in [0.4, 0.5) is 13.2 Å². The first kappa shape index (κ1) is 23.6. The zero-order valence-corrected chi connectivity index (χ0v) is 20.5. The lowest BCUT2D eigenvalue weighted by Crippen LogP contribution is -2.23. The summed E-state index contributed by atoms with van der Waals surface area (Å²) in [5, 5.41) is 4.31. The molecule has 0 unspecified atom stereocenters. The molecule has 3 heterocycles. The largest absolute Gasteiger partial charge is 0.486 e. The van der Waals surface area contributed by atoms with Gasteiger partial charge in [-0.05, 0) is 54.6 Å².